The number of rotatable bonds is 7. The zero-order chi connectivity index (χ0) is 16.4. The van der Waals surface area contributed by atoms with E-state index < -0.39 is 0 Å². The van der Waals surface area contributed by atoms with E-state index in [0.29, 0.717) is 0 Å². The van der Waals surface area contributed by atoms with Crippen molar-refractivity contribution in [2.24, 2.45) is 64.6 Å². The zero-order valence-electron chi connectivity index (χ0n) is 16.4. The minimum Gasteiger partial charge on any atom is -0.0625 e. The lowest BCUT2D eigenvalue weighted by Gasteiger charge is -2.43. The first-order valence-electron chi connectivity index (χ1n) is 10.2. The molecule has 9 atom stereocenters. The third-order valence-electron chi connectivity index (χ3n) is 8.91. The molecule has 0 aliphatic heterocycles. The summed E-state index contributed by atoms with van der Waals surface area (Å²) in [6.07, 6.45) is 4.56. The van der Waals surface area contributed by atoms with Gasteiger partial charge in [-0.25, -0.2) is 0 Å². The Kier molecular flexibility index (Phi) is 4.23. The molecular formula is C22H40. The summed E-state index contributed by atoms with van der Waals surface area (Å²) in [5, 5.41) is 0. The highest BCUT2D eigenvalue weighted by Crippen LogP contribution is 2.80. The van der Waals surface area contributed by atoms with E-state index in [1.165, 1.54) is 12.8 Å². The molecule has 3 rings (SSSR count). The maximum Gasteiger partial charge on any atom is -0.0204 e. The van der Waals surface area contributed by atoms with E-state index in [-0.39, 0.29) is 0 Å². The SMILES string of the molecule is CC(C)C(C)CC1CC1C(C)C(C)C12CC(C(C)C)C1C2C. The predicted molar refractivity (Wildman–Crippen MR) is 96.6 cm³/mol. The summed E-state index contributed by atoms with van der Waals surface area (Å²) in [6, 6.07) is 0. The fraction of sp³-hybridized carbons (Fsp3) is 1.00. The van der Waals surface area contributed by atoms with Gasteiger partial charge in [0.15, 0.2) is 0 Å². The van der Waals surface area contributed by atoms with Gasteiger partial charge in [0.2, 0.25) is 0 Å². The molecule has 9 unspecified atom stereocenters. The average molecular weight is 305 g/mol. The van der Waals surface area contributed by atoms with Gasteiger partial charge in [-0.3, -0.25) is 0 Å². The topological polar surface area (TPSA) is 0 Å². The van der Waals surface area contributed by atoms with Gasteiger partial charge in [-0.1, -0.05) is 55.4 Å². The van der Waals surface area contributed by atoms with E-state index in [1.807, 2.05) is 0 Å². The summed E-state index contributed by atoms with van der Waals surface area (Å²) in [7, 11) is 0. The summed E-state index contributed by atoms with van der Waals surface area (Å²) in [5.41, 5.74) is 0.769. The lowest BCUT2D eigenvalue weighted by atomic mass is 9.61. The third kappa shape index (κ3) is 2.39. The molecule has 0 radical (unpaired) electrons. The van der Waals surface area contributed by atoms with Gasteiger partial charge >= 0.3 is 0 Å². The van der Waals surface area contributed by atoms with Crippen LogP contribution in [0.25, 0.3) is 0 Å². The Morgan fingerprint density at radius 1 is 0.955 bits per heavy atom. The Labute approximate surface area is 139 Å². The quantitative estimate of drug-likeness (QED) is 0.503. The molecule has 3 aliphatic rings. The number of hydrogen-bond acceptors (Lipinski definition) is 0. The number of hydrogen-bond donors (Lipinski definition) is 0. The third-order valence-corrected chi connectivity index (χ3v) is 8.91. The van der Waals surface area contributed by atoms with Crippen LogP contribution in [-0.2, 0) is 0 Å². The fourth-order valence-electron chi connectivity index (χ4n) is 6.51. The van der Waals surface area contributed by atoms with Crippen LogP contribution in [0.5, 0.6) is 0 Å². The van der Waals surface area contributed by atoms with Crippen molar-refractivity contribution in [3.63, 3.8) is 0 Å². The van der Waals surface area contributed by atoms with Crippen molar-refractivity contribution >= 4 is 0 Å². The maximum absolute atomic E-state index is 2.61. The molecule has 0 saturated heterocycles. The van der Waals surface area contributed by atoms with Crippen LogP contribution >= 0.6 is 0 Å². The molecule has 0 amide bonds. The highest BCUT2D eigenvalue weighted by Gasteiger charge is 2.75. The van der Waals surface area contributed by atoms with Gasteiger partial charge in [0.05, 0.1) is 0 Å². The zero-order valence-corrected chi connectivity index (χ0v) is 16.4. The first kappa shape index (κ1) is 16.8. The van der Waals surface area contributed by atoms with Crippen LogP contribution in [0.1, 0.15) is 74.7 Å². The molecule has 0 spiro atoms. The molecule has 128 valence electrons. The largest absolute Gasteiger partial charge is 0.0625 e. The van der Waals surface area contributed by atoms with Crippen molar-refractivity contribution in [3.8, 4) is 0 Å². The van der Waals surface area contributed by atoms with E-state index in [1.54, 1.807) is 6.42 Å². The molecule has 0 aromatic rings. The van der Waals surface area contributed by atoms with E-state index in [2.05, 4.69) is 55.4 Å². The Morgan fingerprint density at radius 2 is 1.59 bits per heavy atom. The standard InChI is InChI=1S/C22H40/c1-12(2)14(5)9-18-10-19(18)15(6)16(7)22-11-20(13(3)4)21(22)17(22)8/h12-21H,9-11H2,1-8H3. The highest BCUT2D eigenvalue weighted by molar-refractivity contribution is 5.23. The molecular weight excluding hydrogens is 264 g/mol. The van der Waals surface area contributed by atoms with Crippen LogP contribution in [0.4, 0.5) is 0 Å². The predicted octanol–water partition coefficient (Wildman–Crippen LogP) is 6.51. The molecule has 22 heavy (non-hydrogen) atoms. The summed E-state index contributed by atoms with van der Waals surface area (Å²) in [4.78, 5) is 0. The molecule has 0 nitrogen and oxygen atoms in total. The Hall–Kier alpha value is 0. The average Bonchev–Trinajstić information content (AvgIpc) is 3.24. The van der Waals surface area contributed by atoms with E-state index in [0.717, 1.165) is 64.6 Å². The van der Waals surface area contributed by atoms with Crippen molar-refractivity contribution in [1.82, 2.24) is 0 Å². The van der Waals surface area contributed by atoms with Crippen molar-refractivity contribution in [1.29, 1.82) is 0 Å². The Balaban J connectivity index is 1.54. The van der Waals surface area contributed by atoms with Gasteiger partial charge in [0.25, 0.3) is 0 Å². The molecule has 0 N–H and O–H groups in total. The molecule has 0 aromatic carbocycles. The Morgan fingerprint density at radius 3 is 2.09 bits per heavy atom. The normalized spacial score (nSPS) is 46.9. The first-order chi connectivity index (χ1) is 10.2. The molecule has 0 heterocycles. The monoisotopic (exact) mass is 304 g/mol. The summed E-state index contributed by atoms with van der Waals surface area (Å²) < 4.78 is 0. The maximum atomic E-state index is 2.61. The van der Waals surface area contributed by atoms with Gasteiger partial charge in [0, 0.05) is 0 Å². The van der Waals surface area contributed by atoms with Crippen LogP contribution in [0.2, 0.25) is 0 Å². The van der Waals surface area contributed by atoms with E-state index in [9.17, 15) is 0 Å². The minimum atomic E-state index is 0.769. The van der Waals surface area contributed by atoms with Crippen LogP contribution in [0.15, 0.2) is 0 Å². The van der Waals surface area contributed by atoms with Crippen LogP contribution in [0.3, 0.4) is 0 Å². The van der Waals surface area contributed by atoms with Gasteiger partial charge in [-0.2, -0.15) is 0 Å². The summed E-state index contributed by atoms with van der Waals surface area (Å²) in [6.45, 7) is 19.9. The fourth-order valence-corrected chi connectivity index (χ4v) is 6.51. The molecule has 3 aliphatic carbocycles. The van der Waals surface area contributed by atoms with Crippen molar-refractivity contribution in [2.75, 3.05) is 0 Å². The summed E-state index contributed by atoms with van der Waals surface area (Å²) >= 11 is 0. The second kappa shape index (κ2) is 5.52. The molecule has 0 aromatic heterocycles. The van der Waals surface area contributed by atoms with Crippen molar-refractivity contribution in [3.05, 3.63) is 0 Å². The van der Waals surface area contributed by atoms with Gasteiger partial charge in [0.1, 0.15) is 0 Å². The lowest BCUT2D eigenvalue weighted by molar-refractivity contribution is 0.0481. The molecule has 3 saturated carbocycles. The van der Waals surface area contributed by atoms with E-state index >= 15 is 0 Å². The van der Waals surface area contributed by atoms with Crippen molar-refractivity contribution in [2.45, 2.75) is 74.7 Å². The van der Waals surface area contributed by atoms with Gasteiger partial charge < -0.3 is 0 Å². The molecule has 0 bridgehead atoms. The van der Waals surface area contributed by atoms with E-state index in [4.69, 9.17) is 0 Å². The lowest BCUT2D eigenvalue weighted by Crippen LogP contribution is -2.37. The van der Waals surface area contributed by atoms with Gasteiger partial charge in [-0.05, 0) is 83.9 Å². The number of fused-ring (bicyclic) bond motifs is 1. The smallest absolute Gasteiger partial charge is 0.0204 e. The molecule has 3 fully saturated rings. The minimum absolute atomic E-state index is 0.769. The van der Waals surface area contributed by atoms with Crippen LogP contribution in [0, 0.1) is 64.6 Å². The Bertz CT molecular complexity index is 408. The molecule has 0 heteroatoms. The second-order valence-electron chi connectivity index (χ2n) is 10.3. The second-order valence-corrected chi connectivity index (χ2v) is 10.3. The summed E-state index contributed by atoms with van der Waals surface area (Å²) in [5.74, 6) is 9.86. The van der Waals surface area contributed by atoms with Crippen LogP contribution < -0.4 is 0 Å². The van der Waals surface area contributed by atoms with Crippen LogP contribution in [-0.4, -0.2) is 0 Å². The highest BCUT2D eigenvalue weighted by atomic mass is 14.8. The first-order valence-corrected chi connectivity index (χ1v) is 10.2. The van der Waals surface area contributed by atoms with Crippen molar-refractivity contribution < 1.29 is 0 Å². The van der Waals surface area contributed by atoms with Gasteiger partial charge in [-0.15, -0.1) is 0 Å².